The van der Waals surface area contributed by atoms with Crippen molar-refractivity contribution in [1.29, 1.82) is 0 Å². The van der Waals surface area contributed by atoms with E-state index in [1.54, 1.807) is 0 Å². The van der Waals surface area contributed by atoms with E-state index in [0.29, 0.717) is 10.0 Å². The molecule has 82 valence electrons. The lowest BCUT2D eigenvalue weighted by molar-refractivity contribution is -0.136. The van der Waals surface area contributed by atoms with Gasteiger partial charge in [-0.1, -0.05) is 29.8 Å². The molecule has 4 heteroatoms. The number of halogens is 2. The summed E-state index contributed by atoms with van der Waals surface area (Å²) in [5.74, 6) is -1.16. The maximum absolute atomic E-state index is 13.1. The van der Waals surface area contributed by atoms with Gasteiger partial charge in [0, 0.05) is 4.47 Å². The van der Waals surface area contributed by atoms with Gasteiger partial charge in [0.25, 0.3) is 0 Å². The van der Waals surface area contributed by atoms with Crippen molar-refractivity contribution in [2.24, 2.45) is 0 Å². The van der Waals surface area contributed by atoms with Gasteiger partial charge in [0.05, 0.1) is 6.42 Å². The van der Waals surface area contributed by atoms with Crippen LogP contribution in [-0.4, -0.2) is 11.1 Å². The Morgan fingerprint density at radius 3 is 2.60 bits per heavy atom. The summed E-state index contributed by atoms with van der Waals surface area (Å²) in [6.07, 6.45) is -0.0889. The first kappa shape index (κ1) is 12.2. The Morgan fingerprint density at radius 2 is 2.13 bits per heavy atom. The van der Waals surface area contributed by atoms with Crippen LogP contribution in [0.25, 0.3) is 0 Å². The van der Waals surface area contributed by atoms with Crippen LogP contribution in [0.15, 0.2) is 16.6 Å². The number of rotatable bonds is 3. The minimum atomic E-state index is -0.913. The summed E-state index contributed by atoms with van der Waals surface area (Å²) in [6.45, 7) is 3.82. The summed E-state index contributed by atoms with van der Waals surface area (Å²) in [7, 11) is 0. The number of carbonyl (C=O) groups is 1. The molecule has 0 aliphatic rings. The molecule has 0 atom stereocenters. The topological polar surface area (TPSA) is 37.3 Å². The molecule has 2 nitrogen and oxygen atoms in total. The molecule has 0 aliphatic heterocycles. The number of carboxylic acid groups (broad SMARTS) is 1. The molecule has 0 fully saturated rings. The Labute approximate surface area is 96.2 Å². The lowest BCUT2D eigenvalue weighted by atomic mass is 9.95. The third-order valence-electron chi connectivity index (χ3n) is 2.14. The standard InChI is InChI=1S/C11H12BrFO2/c1-6(2)8-3-7(13)4-10(12)9(8)5-11(14)15/h3-4,6H,5H2,1-2H3,(H,14,15). The van der Waals surface area contributed by atoms with Crippen molar-refractivity contribution >= 4 is 21.9 Å². The highest BCUT2D eigenvalue weighted by atomic mass is 79.9. The van der Waals surface area contributed by atoms with Crippen LogP contribution in [0.5, 0.6) is 0 Å². The molecule has 0 radical (unpaired) electrons. The SMILES string of the molecule is CC(C)c1cc(F)cc(Br)c1CC(=O)O. The lowest BCUT2D eigenvalue weighted by Crippen LogP contribution is -2.06. The minimum Gasteiger partial charge on any atom is -0.481 e. The fourth-order valence-corrected chi connectivity index (χ4v) is 2.06. The van der Waals surface area contributed by atoms with E-state index in [-0.39, 0.29) is 18.2 Å². The van der Waals surface area contributed by atoms with Gasteiger partial charge in [-0.15, -0.1) is 0 Å². The van der Waals surface area contributed by atoms with Crippen molar-refractivity contribution in [3.63, 3.8) is 0 Å². The molecular weight excluding hydrogens is 263 g/mol. The molecule has 1 aromatic rings. The van der Waals surface area contributed by atoms with E-state index < -0.39 is 5.97 Å². The molecule has 15 heavy (non-hydrogen) atoms. The molecule has 0 amide bonds. The molecular formula is C11H12BrFO2. The van der Waals surface area contributed by atoms with Gasteiger partial charge in [0.15, 0.2) is 0 Å². The summed E-state index contributed by atoms with van der Waals surface area (Å²) < 4.78 is 13.7. The molecule has 0 saturated carbocycles. The van der Waals surface area contributed by atoms with Crippen LogP contribution in [-0.2, 0) is 11.2 Å². The third kappa shape index (κ3) is 3.02. The zero-order valence-electron chi connectivity index (χ0n) is 8.55. The zero-order valence-corrected chi connectivity index (χ0v) is 10.1. The first-order valence-electron chi connectivity index (χ1n) is 4.61. The van der Waals surface area contributed by atoms with E-state index in [1.165, 1.54) is 12.1 Å². The molecule has 1 rings (SSSR count). The number of hydrogen-bond donors (Lipinski definition) is 1. The van der Waals surface area contributed by atoms with Gasteiger partial charge < -0.3 is 5.11 Å². The van der Waals surface area contributed by atoms with E-state index >= 15 is 0 Å². The van der Waals surface area contributed by atoms with Crippen molar-refractivity contribution in [1.82, 2.24) is 0 Å². The quantitative estimate of drug-likeness (QED) is 0.918. The largest absolute Gasteiger partial charge is 0.481 e. The van der Waals surface area contributed by atoms with E-state index in [1.807, 2.05) is 13.8 Å². The highest BCUT2D eigenvalue weighted by Crippen LogP contribution is 2.28. The molecule has 1 aromatic carbocycles. The van der Waals surface area contributed by atoms with Crippen molar-refractivity contribution in [2.45, 2.75) is 26.2 Å². The van der Waals surface area contributed by atoms with Gasteiger partial charge in [0.1, 0.15) is 5.82 Å². The van der Waals surface area contributed by atoms with Crippen LogP contribution >= 0.6 is 15.9 Å². The summed E-state index contributed by atoms with van der Waals surface area (Å²) in [6, 6.07) is 2.69. The highest BCUT2D eigenvalue weighted by Gasteiger charge is 2.14. The summed E-state index contributed by atoms with van der Waals surface area (Å²) >= 11 is 3.19. The third-order valence-corrected chi connectivity index (χ3v) is 2.85. The fourth-order valence-electron chi connectivity index (χ4n) is 1.48. The molecule has 0 bridgehead atoms. The maximum Gasteiger partial charge on any atom is 0.307 e. The van der Waals surface area contributed by atoms with Crippen LogP contribution in [0.3, 0.4) is 0 Å². The Hall–Kier alpha value is -0.900. The predicted molar refractivity (Wildman–Crippen MR) is 59.5 cm³/mol. The minimum absolute atomic E-state index is 0.0889. The van der Waals surface area contributed by atoms with Gasteiger partial charge in [-0.3, -0.25) is 4.79 Å². The first-order chi connectivity index (χ1) is 6.91. The number of benzene rings is 1. The monoisotopic (exact) mass is 274 g/mol. The molecule has 0 aromatic heterocycles. The Morgan fingerprint density at radius 1 is 1.53 bits per heavy atom. The van der Waals surface area contributed by atoms with Gasteiger partial charge in [0.2, 0.25) is 0 Å². The molecule has 0 heterocycles. The Balaban J connectivity index is 3.26. The maximum atomic E-state index is 13.1. The highest BCUT2D eigenvalue weighted by molar-refractivity contribution is 9.10. The van der Waals surface area contributed by atoms with Crippen molar-refractivity contribution in [3.05, 3.63) is 33.5 Å². The lowest BCUT2D eigenvalue weighted by Gasteiger charge is -2.13. The molecule has 0 unspecified atom stereocenters. The van der Waals surface area contributed by atoms with Gasteiger partial charge >= 0.3 is 5.97 Å². The molecule has 0 saturated heterocycles. The summed E-state index contributed by atoms with van der Waals surface area (Å²) in [5, 5.41) is 8.75. The average Bonchev–Trinajstić information content (AvgIpc) is 2.08. The van der Waals surface area contributed by atoms with Crippen molar-refractivity contribution in [2.75, 3.05) is 0 Å². The van der Waals surface area contributed by atoms with Crippen molar-refractivity contribution < 1.29 is 14.3 Å². The van der Waals surface area contributed by atoms with E-state index in [9.17, 15) is 9.18 Å². The normalized spacial score (nSPS) is 10.7. The van der Waals surface area contributed by atoms with Crippen LogP contribution in [0.1, 0.15) is 30.9 Å². The van der Waals surface area contributed by atoms with E-state index in [2.05, 4.69) is 15.9 Å². The second-order valence-corrected chi connectivity index (χ2v) is 4.53. The second kappa shape index (κ2) is 4.75. The smallest absolute Gasteiger partial charge is 0.307 e. The Kier molecular flexibility index (Phi) is 3.85. The van der Waals surface area contributed by atoms with E-state index in [4.69, 9.17) is 5.11 Å². The van der Waals surface area contributed by atoms with Crippen LogP contribution in [0.2, 0.25) is 0 Å². The zero-order chi connectivity index (χ0) is 11.6. The molecule has 0 aliphatic carbocycles. The van der Waals surface area contributed by atoms with Crippen LogP contribution in [0.4, 0.5) is 4.39 Å². The van der Waals surface area contributed by atoms with Crippen LogP contribution < -0.4 is 0 Å². The Bertz CT molecular complexity index is 388. The average molecular weight is 275 g/mol. The molecule has 0 spiro atoms. The number of hydrogen-bond acceptors (Lipinski definition) is 1. The van der Waals surface area contributed by atoms with Gasteiger partial charge in [-0.05, 0) is 29.2 Å². The van der Waals surface area contributed by atoms with E-state index in [0.717, 1.165) is 5.56 Å². The van der Waals surface area contributed by atoms with Crippen molar-refractivity contribution in [3.8, 4) is 0 Å². The first-order valence-corrected chi connectivity index (χ1v) is 5.40. The van der Waals surface area contributed by atoms with Crippen LogP contribution in [0, 0.1) is 5.82 Å². The second-order valence-electron chi connectivity index (χ2n) is 3.68. The number of carboxylic acids is 1. The van der Waals surface area contributed by atoms with Gasteiger partial charge in [-0.25, -0.2) is 4.39 Å². The summed E-state index contributed by atoms with van der Waals surface area (Å²) in [4.78, 5) is 10.7. The molecule has 1 N–H and O–H groups in total. The summed E-state index contributed by atoms with van der Waals surface area (Å²) in [5.41, 5.74) is 1.39. The number of aliphatic carboxylic acids is 1. The fraction of sp³-hybridized carbons (Fsp3) is 0.364. The predicted octanol–water partition coefficient (Wildman–Crippen LogP) is 3.34. The van der Waals surface area contributed by atoms with Gasteiger partial charge in [-0.2, -0.15) is 0 Å².